The molecule has 2 heterocycles. The van der Waals surface area contributed by atoms with E-state index >= 15 is 0 Å². The fourth-order valence-electron chi connectivity index (χ4n) is 2.24. The zero-order valence-corrected chi connectivity index (χ0v) is 13.2. The number of aromatic nitrogens is 1. The van der Waals surface area contributed by atoms with E-state index in [0.29, 0.717) is 19.6 Å². The van der Waals surface area contributed by atoms with Crippen LogP contribution in [0, 0.1) is 0 Å². The molecule has 1 aliphatic heterocycles. The highest BCUT2D eigenvalue weighted by molar-refractivity contribution is 5.06. The minimum atomic E-state index is -1.43. The minimum Gasteiger partial charge on any atom is -0.394 e. The highest BCUT2D eigenvalue weighted by Crippen LogP contribution is 2.21. The van der Waals surface area contributed by atoms with Crippen molar-refractivity contribution in [3.05, 3.63) is 30.1 Å². The van der Waals surface area contributed by atoms with Gasteiger partial charge in [0.2, 0.25) is 0 Å². The average molecular weight is 344 g/mol. The average Bonchev–Trinajstić information content (AvgIpc) is 2.61. The second-order valence-electron chi connectivity index (χ2n) is 5.47. The number of pyridine rings is 1. The Morgan fingerprint density at radius 3 is 2.75 bits per heavy atom. The lowest BCUT2D eigenvalue weighted by atomic mass is 9.99. The van der Waals surface area contributed by atoms with Gasteiger partial charge in [0.05, 0.1) is 19.8 Å². The third kappa shape index (κ3) is 5.43. The number of hydrogen-bond acceptors (Lipinski definition) is 9. The molecule has 24 heavy (non-hydrogen) atoms. The van der Waals surface area contributed by atoms with Gasteiger partial charge in [0, 0.05) is 18.9 Å². The monoisotopic (exact) mass is 344 g/mol. The molecule has 9 heteroatoms. The van der Waals surface area contributed by atoms with E-state index in [9.17, 15) is 15.3 Å². The molecule has 1 fully saturated rings. The number of rotatable bonds is 9. The van der Waals surface area contributed by atoms with Gasteiger partial charge in [-0.2, -0.15) is 0 Å². The van der Waals surface area contributed by atoms with Crippen LogP contribution in [-0.4, -0.2) is 75.9 Å². The zero-order valence-electron chi connectivity index (χ0n) is 13.2. The molecule has 2 rings (SSSR count). The van der Waals surface area contributed by atoms with Gasteiger partial charge in [-0.1, -0.05) is 6.07 Å². The summed E-state index contributed by atoms with van der Waals surface area (Å²) in [5, 5.41) is 38.2. The van der Waals surface area contributed by atoms with Crippen molar-refractivity contribution in [2.24, 2.45) is 0 Å². The fraction of sp³-hybridized carbons (Fsp3) is 0.667. The van der Waals surface area contributed by atoms with E-state index in [1.807, 2.05) is 12.1 Å². The van der Waals surface area contributed by atoms with Crippen LogP contribution in [0.1, 0.15) is 12.0 Å². The number of aliphatic hydroxyl groups is 4. The molecule has 0 amide bonds. The summed E-state index contributed by atoms with van der Waals surface area (Å²) in [6.45, 7) is 0.666. The first-order valence-corrected chi connectivity index (χ1v) is 7.79. The van der Waals surface area contributed by atoms with Crippen molar-refractivity contribution in [2.75, 3.05) is 19.8 Å². The van der Waals surface area contributed by atoms with Crippen LogP contribution in [0.4, 0.5) is 0 Å². The van der Waals surface area contributed by atoms with Gasteiger partial charge >= 0.3 is 0 Å². The maximum atomic E-state index is 9.80. The molecule has 0 radical (unpaired) electrons. The molecule has 0 aromatic carbocycles. The van der Waals surface area contributed by atoms with Gasteiger partial charge in [0.15, 0.2) is 6.29 Å². The van der Waals surface area contributed by atoms with Crippen molar-refractivity contribution < 1.29 is 34.7 Å². The topological polar surface area (TPSA) is 134 Å². The van der Waals surface area contributed by atoms with Crippen LogP contribution in [0.5, 0.6) is 0 Å². The Balaban J connectivity index is 1.58. The summed E-state index contributed by atoms with van der Waals surface area (Å²) in [6, 6.07) is 3.73. The molecule has 0 aliphatic carbocycles. The Kier molecular flexibility index (Phi) is 7.95. The van der Waals surface area contributed by atoms with Gasteiger partial charge < -0.3 is 29.9 Å². The number of ether oxygens (including phenoxy) is 2. The molecule has 5 atom stereocenters. The van der Waals surface area contributed by atoms with Crippen molar-refractivity contribution >= 4 is 0 Å². The largest absolute Gasteiger partial charge is 0.394 e. The van der Waals surface area contributed by atoms with Gasteiger partial charge in [-0.05, 0) is 18.1 Å². The summed E-state index contributed by atoms with van der Waals surface area (Å²) in [5.41, 5.74) is 3.72. The van der Waals surface area contributed by atoms with Gasteiger partial charge in [-0.15, -0.1) is 0 Å². The number of nitrogens with zero attached hydrogens (tertiary/aromatic N) is 1. The maximum Gasteiger partial charge on any atom is 0.186 e. The van der Waals surface area contributed by atoms with E-state index < -0.39 is 37.3 Å². The summed E-state index contributed by atoms with van der Waals surface area (Å²) in [5.74, 6) is 0. The first-order chi connectivity index (χ1) is 11.6. The molecular weight excluding hydrogens is 320 g/mol. The fourth-order valence-corrected chi connectivity index (χ4v) is 2.24. The zero-order chi connectivity index (χ0) is 17.4. The molecule has 2 unspecified atom stereocenters. The molecule has 5 N–H and O–H groups in total. The lowest BCUT2D eigenvalue weighted by Gasteiger charge is -2.39. The molecule has 9 nitrogen and oxygen atoms in total. The third-order valence-electron chi connectivity index (χ3n) is 3.62. The standard InChI is InChI=1S/C15H24N2O7/c18-8-11-12(19)13(20)14(21)15(24-11)22-6-2-5-17-23-9-10-3-1-4-16-7-10/h1,3-4,7,11-15,17-21H,2,5-6,8-9H2/t11?,12-,13-,14?,15-/m1/s1. The van der Waals surface area contributed by atoms with Crippen LogP contribution < -0.4 is 5.48 Å². The highest BCUT2D eigenvalue weighted by Gasteiger charge is 2.43. The van der Waals surface area contributed by atoms with E-state index in [0.717, 1.165) is 5.56 Å². The summed E-state index contributed by atoms with van der Waals surface area (Å²) in [7, 11) is 0. The van der Waals surface area contributed by atoms with Crippen LogP contribution in [0.3, 0.4) is 0 Å². The summed E-state index contributed by atoms with van der Waals surface area (Å²) >= 11 is 0. The van der Waals surface area contributed by atoms with E-state index in [2.05, 4.69) is 10.5 Å². The van der Waals surface area contributed by atoms with E-state index in [-0.39, 0.29) is 6.61 Å². The Morgan fingerprint density at radius 1 is 1.21 bits per heavy atom. The van der Waals surface area contributed by atoms with Gasteiger partial charge in [-0.25, -0.2) is 5.48 Å². The van der Waals surface area contributed by atoms with Crippen molar-refractivity contribution in [3.8, 4) is 0 Å². The van der Waals surface area contributed by atoms with Crippen LogP contribution >= 0.6 is 0 Å². The molecule has 1 aromatic heterocycles. The van der Waals surface area contributed by atoms with Gasteiger partial charge in [-0.3, -0.25) is 9.82 Å². The lowest BCUT2D eigenvalue weighted by molar-refractivity contribution is -0.301. The van der Waals surface area contributed by atoms with Crippen LogP contribution in [0.2, 0.25) is 0 Å². The smallest absolute Gasteiger partial charge is 0.186 e. The van der Waals surface area contributed by atoms with Gasteiger partial charge in [0.25, 0.3) is 0 Å². The third-order valence-corrected chi connectivity index (χ3v) is 3.62. The van der Waals surface area contributed by atoms with Crippen molar-refractivity contribution in [3.63, 3.8) is 0 Å². The van der Waals surface area contributed by atoms with Crippen LogP contribution in [0.15, 0.2) is 24.5 Å². The van der Waals surface area contributed by atoms with Crippen molar-refractivity contribution in [2.45, 2.75) is 43.7 Å². The number of hydroxylamine groups is 1. The normalized spacial score (nSPS) is 30.4. The number of hydrogen-bond donors (Lipinski definition) is 5. The van der Waals surface area contributed by atoms with Crippen molar-refractivity contribution in [1.82, 2.24) is 10.5 Å². The molecular formula is C15H24N2O7. The Bertz CT molecular complexity index is 462. The predicted octanol–water partition coefficient (Wildman–Crippen LogP) is -1.69. The summed E-state index contributed by atoms with van der Waals surface area (Å²) in [6.07, 6.45) is -2.28. The molecule has 1 aromatic rings. The lowest BCUT2D eigenvalue weighted by Crippen LogP contribution is -2.59. The molecule has 0 bridgehead atoms. The SMILES string of the molecule is OCC1O[C@@H](OCCCNOCc2cccnc2)C(O)[C@H](O)[C@@H]1O. The Morgan fingerprint density at radius 2 is 2.04 bits per heavy atom. The Hall–Kier alpha value is -1.17. The summed E-state index contributed by atoms with van der Waals surface area (Å²) in [4.78, 5) is 9.24. The van der Waals surface area contributed by atoms with Crippen LogP contribution in [-0.2, 0) is 20.9 Å². The predicted molar refractivity (Wildman–Crippen MR) is 81.4 cm³/mol. The molecule has 0 saturated carbocycles. The van der Waals surface area contributed by atoms with Gasteiger partial charge in [0.1, 0.15) is 24.4 Å². The minimum absolute atomic E-state index is 0.242. The van der Waals surface area contributed by atoms with E-state index in [1.54, 1.807) is 12.4 Å². The van der Waals surface area contributed by atoms with E-state index in [1.165, 1.54) is 0 Å². The molecule has 0 spiro atoms. The summed E-state index contributed by atoms with van der Waals surface area (Å²) < 4.78 is 10.6. The number of nitrogens with one attached hydrogen (secondary N) is 1. The van der Waals surface area contributed by atoms with Crippen molar-refractivity contribution in [1.29, 1.82) is 0 Å². The molecule has 1 saturated heterocycles. The quantitative estimate of drug-likeness (QED) is 0.263. The second kappa shape index (κ2) is 9.97. The van der Waals surface area contributed by atoms with E-state index in [4.69, 9.17) is 19.4 Å². The second-order valence-corrected chi connectivity index (χ2v) is 5.47. The number of aliphatic hydroxyl groups excluding tert-OH is 4. The maximum absolute atomic E-state index is 9.80. The first kappa shape index (κ1) is 19.2. The Labute approximate surface area is 139 Å². The molecule has 136 valence electrons. The highest BCUT2D eigenvalue weighted by atomic mass is 16.7. The molecule has 1 aliphatic rings. The first-order valence-electron chi connectivity index (χ1n) is 7.79. The van der Waals surface area contributed by atoms with Crippen LogP contribution in [0.25, 0.3) is 0 Å².